The van der Waals surface area contributed by atoms with E-state index >= 15 is 0 Å². The predicted octanol–water partition coefficient (Wildman–Crippen LogP) is 0.588. The zero-order valence-corrected chi connectivity index (χ0v) is 12.6. The molecule has 118 valence electrons. The molecule has 0 aliphatic carbocycles. The van der Waals surface area contributed by atoms with Crippen molar-refractivity contribution in [2.75, 3.05) is 13.1 Å². The van der Waals surface area contributed by atoms with Gasteiger partial charge in [0.25, 0.3) is 0 Å². The van der Waals surface area contributed by atoms with Crippen LogP contribution in [0.3, 0.4) is 0 Å². The van der Waals surface area contributed by atoms with Crippen LogP contribution < -0.4 is 11.1 Å². The van der Waals surface area contributed by atoms with E-state index in [1.165, 1.54) is 6.92 Å². The smallest absolute Gasteiger partial charge is 0.244 e. The summed E-state index contributed by atoms with van der Waals surface area (Å²) < 4.78 is 0. The third-order valence-electron chi connectivity index (χ3n) is 4.02. The number of hydrogen-bond acceptors (Lipinski definition) is 3. The zero-order chi connectivity index (χ0) is 16.1. The number of nitrogens with two attached hydrogens (primary N) is 1. The van der Waals surface area contributed by atoms with Crippen LogP contribution in [0.4, 0.5) is 0 Å². The summed E-state index contributed by atoms with van der Waals surface area (Å²) in [5.74, 6) is -0.934. The van der Waals surface area contributed by atoms with Gasteiger partial charge in [-0.2, -0.15) is 0 Å². The van der Waals surface area contributed by atoms with Crippen LogP contribution in [-0.2, 0) is 14.4 Å². The molecule has 6 heteroatoms. The summed E-state index contributed by atoms with van der Waals surface area (Å²) >= 11 is 0. The number of hydrogen-bond donors (Lipinski definition) is 2. The maximum atomic E-state index is 12.3. The molecule has 3 amide bonds. The fourth-order valence-electron chi connectivity index (χ4n) is 2.68. The molecule has 6 nitrogen and oxygen atoms in total. The molecule has 1 atom stereocenters. The molecular weight excluding hydrogens is 282 g/mol. The summed E-state index contributed by atoms with van der Waals surface area (Å²) in [6.45, 7) is 2.67. The van der Waals surface area contributed by atoms with Gasteiger partial charge in [-0.15, -0.1) is 0 Å². The quantitative estimate of drug-likeness (QED) is 0.852. The lowest BCUT2D eigenvalue weighted by Crippen LogP contribution is -2.45. The second-order valence-corrected chi connectivity index (χ2v) is 5.53. The number of nitrogens with zero attached hydrogens (tertiary/aromatic N) is 1. The summed E-state index contributed by atoms with van der Waals surface area (Å²) in [6, 6.07) is 8.12. The number of benzene rings is 1. The van der Waals surface area contributed by atoms with Crippen LogP contribution in [0.5, 0.6) is 0 Å². The highest BCUT2D eigenvalue weighted by Gasteiger charge is 2.29. The van der Waals surface area contributed by atoms with Gasteiger partial charge in [0.2, 0.25) is 17.7 Å². The Morgan fingerprint density at radius 1 is 1.18 bits per heavy atom. The van der Waals surface area contributed by atoms with Crippen molar-refractivity contribution in [1.29, 1.82) is 0 Å². The van der Waals surface area contributed by atoms with Crippen molar-refractivity contribution in [2.45, 2.75) is 25.8 Å². The molecule has 0 radical (unpaired) electrons. The molecule has 22 heavy (non-hydrogen) atoms. The van der Waals surface area contributed by atoms with E-state index in [1.54, 1.807) is 29.2 Å². The Balaban J connectivity index is 1.98. The van der Waals surface area contributed by atoms with Crippen molar-refractivity contribution in [3.05, 3.63) is 35.9 Å². The Labute approximate surface area is 129 Å². The lowest BCUT2D eigenvalue weighted by atomic mass is 9.95. The highest BCUT2D eigenvalue weighted by atomic mass is 16.2. The van der Waals surface area contributed by atoms with Gasteiger partial charge in [0.05, 0.1) is 0 Å². The highest BCUT2D eigenvalue weighted by molar-refractivity contribution is 5.88. The molecule has 1 heterocycles. The number of carbonyl (C=O) groups is 3. The Kier molecular flexibility index (Phi) is 5.14. The van der Waals surface area contributed by atoms with Gasteiger partial charge in [-0.1, -0.05) is 30.3 Å². The minimum atomic E-state index is -0.820. The number of likely N-dealkylation sites (tertiary alicyclic amines) is 1. The fraction of sp³-hybridized carbons (Fsp3) is 0.438. The first-order valence-corrected chi connectivity index (χ1v) is 7.39. The van der Waals surface area contributed by atoms with Crippen molar-refractivity contribution in [3.63, 3.8) is 0 Å². The Bertz CT molecular complexity index is 551. The minimum Gasteiger partial charge on any atom is -0.368 e. The van der Waals surface area contributed by atoms with E-state index in [0.29, 0.717) is 31.5 Å². The van der Waals surface area contributed by atoms with Crippen molar-refractivity contribution in [1.82, 2.24) is 10.2 Å². The number of primary amides is 1. The van der Waals surface area contributed by atoms with Gasteiger partial charge in [-0.05, 0) is 18.4 Å². The molecular formula is C16H21N3O3. The largest absolute Gasteiger partial charge is 0.368 e. The van der Waals surface area contributed by atoms with Gasteiger partial charge in [0, 0.05) is 25.9 Å². The molecule has 0 bridgehead atoms. The maximum Gasteiger partial charge on any atom is 0.244 e. The van der Waals surface area contributed by atoms with E-state index < -0.39 is 11.9 Å². The zero-order valence-electron chi connectivity index (χ0n) is 12.6. The number of rotatable bonds is 4. The molecule has 1 saturated heterocycles. The average Bonchev–Trinajstić information content (AvgIpc) is 2.53. The second kappa shape index (κ2) is 7.06. The van der Waals surface area contributed by atoms with Crippen LogP contribution in [0.15, 0.2) is 30.3 Å². The lowest BCUT2D eigenvalue weighted by molar-refractivity contribution is -0.135. The number of nitrogens with one attached hydrogen (secondary N) is 1. The molecule has 1 fully saturated rings. The predicted molar refractivity (Wildman–Crippen MR) is 81.5 cm³/mol. The molecule has 0 saturated carbocycles. The van der Waals surface area contributed by atoms with E-state index in [0.717, 1.165) is 0 Å². The van der Waals surface area contributed by atoms with Crippen LogP contribution in [-0.4, -0.2) is 35.7 Å². The normalized spacial score (nSPS) is 16.9. The third-order valence-corrected chi connectivity index (χ3v) is 4.02. The molecule has 1 aromatic rings. The van der Waals surface area contributed by atoms with Crippen LogP contribution in [0.2, 0.25) is 0 Å². The van der Waals surface area contributed by atoms with Crippen molar-refractivity contribution in [3.8, 4) is 0 Å². The molecule has 0 aromatic heterocycles. The summed E-state index contributed by atoms with van der Waals surface area (Å²) in [7, 11) is 0. The van der Waals surface area contributed by atoms with Gasteiger partial charge < -0.3 is 16.0 Å². The van der Waals surface area contributed by atoms with Crippen LogP contribution >= 0.6 is 0 Å². The Hall–Kier alpha value is -2.37. The molecule has 1 unspecified atom stereocenters. The standard InChI is InChI=1S/C16H21N3O3/c1-11(20)19-9-7-13(8-10-19)16(22)18-14(15(17)21)12-5-3-2-4-6-12/h2-6,13-14H,7-10H2,1H3,(H2,17,21)(H,18,22). The molecule has 1 aliphatic rings. The fourth-order valence-corrected chi connectivity index (χ4v) is 2.68. The van der Waals surface area contributed by atoms with E-state index in [1.807, 2.05) is 6.07 Å². The molecule has 1 aromatic carbocycles. The third kappa shape index (κ3) is 3.84. The van der Waals surface area contributed by atoms with E-state index in [2.05, 4.69) is 5.32 Å². The number of amides is 3. The van der Waals surface area contributed by atoms with Crippen LogP contribution in [0.25, 0.3) is 0 Å². The number of piperidine rings is 1. The van der Waals surface area contributed by atoms with Gasteiger partial charge in [0.1, 0.15) is 6.04 Å². The summed E-state index contributed by atoms with van der Waals surface area (Å²) in [5.41, 5.74) is 6.07. The topological polar surface area (TPSA) is 92.5 Å². The molecule has 2 rings (SSSR count). The van der Waals surface area contributed by atoms with Gasteiger partial charge in [-0.3, -0.25) is 14.4 Å². The maximum absolute atomic E-state index is 12.3. The summed E-state index contributed by atoms with van der Waals surface area (Å²) in [6.07, 6.45) is 1.21. The number of carbonyl (C=O) groups excluding carboxylic acids is 3. The summed E-state index contributed by atoms with van der Waals surface area (Å²) in [4.78, 5) is 37.0. The van der Waals surface area contributed by atoms with Crippen LogP contribution in [0.1, 0.15) is 31.4 Å². The van der Waals surface area contributed by atoms with Crippen molar-refractivity contribution < 1.29 is 14.4 Å². The molecule has 3 N–H and O–H groups in total. The average molecular weight is 303 g/mol. The monoisotopic (exact) mass is 303 g/mol. The molecule has 0 spiro atoms. The lowest BCUT2D eigenvalue weighted by Gasteiger charge is -2.31. The first kappa shape index (κ1) is 16.0. The van der Waals surface area contributed by atoms with Gasteiger partial charge in [0.15, 0.2) is 0 Å². The van der Waals surface area contributed by atoms with Gasteiger partial charge in [-0.25, -0.2) is 0 Å². The first-order valence-electron chi connectivity index (χ1n) is 7.39. The molecule has 1 aliphatic heterocycles. The summed E-state index contributed by atoms with van der Waals surface area (Å²) in [5, 5.41) is 2.73. The Morgan fingerprint density at radius 3 is 2.27 bits per heavy atom. The SMILES string of the molecule is CC(=O)N1CCC(C(=O)NC(C(N)=O)c2ccccc2)CC1. The van der Waals surface area contributed by atoms with E-state index in [4.69, 9.17) is 5.73 Å². The van der Waals surface area contributed by atoms with E-state index in [9.17, 15) is 14.4 Å². The minimum absolute atomic E-state index is 0.0261. The highest BCUT2D eigenvalue weighted by Crippen LogP contribution is 2.19. The van der Waals surface area contributed by atoms with Crippen molar-refractivity contribution in [2.24, 2.45) is 11.7 Å². The Morgan fingerprint density at radius 2 is 1.77 bits per heavy atom. The van der Waals surface area contributed by atoms with E-state index in [-0.39, 0.29) is 17.7 Å². The second-order valence-electron chi connectivity index (χ2n) is 5.53. The van der Waals surface area contributed by atoms with Crippen LogP contribution in [0, 0.1) is 5.92 Å². The van der Waals surface area contributed by atoms with Crippen molar-refractivity contribution >= 4 is 17.7 Å². The van der Waals surface area contributed by atoms with Gasteiger partial charge >= 0.3 is 0 Å². The first-order chi connectivity index (χ1) is 10.5.